The van der Waals surface area contributed by atoms with Crippen molar-refractivity contribution in [3.05, 3.63) is 65.2 Å². The van der Waals surface area contributed by atoms with Crippen molar-refractivity contribution in [1.82, 2.24) is 4.90 Å². The van der Waals surface area contributed by atoms with Crippen LogP contribution in [0.25, 0.3) is 0 Å². The average Bonchev–Trinajstić information content (AvgIpc) is 2.55. The van der Waals surface area contributed by atoms with Gasteiger partial charge in [0, 0.05) is 19.6 Å². The molecule has 2 aromatic rings. The third kappa shape index (κ3) is 5.89. The molecule has 0 aliphatic carbocycles. The van der Waals surface area contributed by atoms with Crippen LogP contribution in [0.4, 0.5) is 0 Å². The summed E-state index contributed by atoms with van der Waals surface area (Å²) >= 11 is 0. The first-order valence-electron chi connectivity index (χ1n) is 8.53. The van der Waals surface area contributed by atoms with Crippen LogP contribution in [0.1, 0.15) is 23.6 Å². The fourth-order valence-electron chi connectivity index (χ4n) is 3.05. The van der Waals surface area contributed by atoms with E-state index in [1.54, 1.807) is 0 Å². The zero-order valence-electron chi connectivity index (χ0n) is 14.7. The lowest BCUT2D eigenvalue weighted by Gasteiger charge is -2.39. The highest BCUT2D eigenvalue weighted by molar-refractivity contribution is 5.85. The number of likely N-dealkylation sites (tertiary alicyclic amines) is 1. The molecular formula is C20H28Cl2N2O. The van der Waals surface area contributed by atoms with Crippen molar-refractivity contribution in [3.63, 3.8) is 0 Å². The molecule has 2 aromatic carbocycles. The monoisotopic (exact) mass is 382 g/mol. The first kappa shape index (κ1) is 21.8. The Kier molecular flexibility index (Phi) is 9.30. The summed E-state index contributed by atoms with van der Waals surface area (Å²) in [6, 6.07) is 17.2. The topological polar surface area (TPSA) is 38.5 Å². The van der Waals surface area contributed by atoms with Crippen LogP contribution in [0.3, 0.4) is 0 Å². The number of halogens is 2. The Balaban J connectivity index is 0.00000156. The highest BCUT2D eigenvalue weighted by Crippen LogP contribution is 2.23. The van der Waals surface area contributed by atoms with Crippen molar-refractivity contribution < 1.29 is 4.74 Å². The van der Waals surface area contributed by atoms with Gasteiger partial charge in [-0.25, -0.2) is 0 Å². The van der Waals surface area contributed by atoms with E-state index < -0.39 is 0 Å². The van der Waals surface area contributed by atoms with Crippen LogP contribution in [-0.2, 0) is 19.4 Å². The molecule has 0 atom stereocenters. The summed E-state index contributed by atoms with van der Waals surface area (Å²) in [7, 11) is 0. The maximum Gasteiger partial charge on any atom is 0.124 e. The van der Waals surface area contributed by atoms with Crippen LogP contribution in [0.5, 0.6) is 5.75 Å². The summed E-state index contributed by atoms with van der Waals surface area (Å²) in [5.74, 6) is 1.05. The largest absolute Gasteiger partial charge is 0.487 e. The second-order valence-corrected chi connectivity index (χ2v) is 6.25. The van der Waals surface area contributed by atoms with E-state index in [1.165, 1.54) is 16.7 Å². The lowest BCUT2D eigenvalue weighted by molar-refractivity contribution is 0.0140. The molecule has 25 heavy (non-hydrogen) atoms. The van der Waals surface area contributed by atoms with Gasteiger partial charge in [0.25, 0.3) is 0 Å². The fourth-order valence-corrected chi connectivity index (χ4v) is 3.05. The van der Waals surface area contributed by atoms with Crippen molar-refractivity contribution in [2.75, 3.05) is 19.6 Å². The number of ether oxygens (including phenoxy) is 1. The number of aryl methyl sites for hydroxylation is 1. The number of benzene rings is 2. The van der Waals surface area contributed by atoms with Gasteiger partial charge in [0.1, 0.15) is 11.9 Å². The smallest absolute Gasteiger partial charge is 0.124 e. The van der Waals surface area contributed by atoms with Crippen LogP contribution in [0.2, 0.25) is 0 Å². The van der Waals surface area contributed by atoms with Gasteiger partial charge in [0.05, 0.1) is 0 Å². The van der Waals surface area contributed by atoms with E-state index in [0.717, 1.165) is 38.2 Å². The van der Waals surface area contributed by atoms with Crippen LogP contribution >= 0.6 is 24.8 Å². The molecule has 0 saturated carbocycles. The Labute approximate surface area is 163 Å². The minimum atomic E-state index is 0. The Morgan fingerprint density at radius 3 is 2.28 bits per heavy atom. The summed E-state index contributed by atoms with van der Waals surface area (Å²) in [4.78, 5) is 2.43. The first-order valence-corrected chi connectivity index (χ1v) is 8.53. The molecule has 3 rings (SSSR count). The predicted octanol–water partition coefficient (Wildman–Crippen LogP) is 3.86. The molecule has 138 valence electrons. The molecule has 1 heterocycles. The average molecular weight is 383 g/mol. The number of nitrogens with two attached hydrogens (primary N) is 1. The van der Waals surface area contributed by atoms with Crippen molar-refractivity contribution in [3.8, 4) is 5.75 Å². The second-order valence-electron chi connectivity index (χ2n) is 6.25. The number of rotatable bonds is 7. The molecule has 0 aromatic heterocycles. The Morgan fingerprint density at radius 2 is 1.64 bits per heavy atom. The van der Waals surface area contributed by atoms with Crippen LogP contribution in [-0.4, -0.2) is 30.6 Å². The lowest BCUT2D eigenvalue weighted by atomic mass is 10.1. The Bertz CT molecular complexity index is 628. The standard InChI is InChI=1S/C20H26N2O.2ClH/c1-2-18-5-3-4-6-20(18)23-19-14-22(15-19)13-17-9-7-16(8-10-17)11-12-21;;/h3-10,19H,2,11-15,21H2,1H3;2*1H. The second kappa shape index (κ2) is 10.7. The normalized spacial score (nSPS) is 14.2. The highest BCUT2D eigenvalue weighted by atomic mass is 35.5. The van der Waals surface area contributed by atoms with Crippen molar-refractivity contribution in [2.24, 2.45) is 5.73 Å². The molecule has 1 fully saturated rings. The van der Waals surface area contributed by atoms with Gasteiger partial charge in [-0.3, -0.25) is 4.90 Å². The van der Waals surface area contributed by atoms with Crippen LogP contribution in [0, 0.1) is 0 Å². The van der Waals surface area contributed by atoms with Crippen molar-refractivity contribution in [2.45, 2.75) is 32.4 Å². The van der Waals surface area contributed by atoms with Crippen LogP contribution < -0.4 is 10.5 Å². The molecule has 0 bridgehead atoms. The summed E-state index contributed by atoms with van der Waals surface area (Å²) in [6.45, 7) is 5.89. The Morgan fingerprint density at radius 1 is 1.00 bits per heavy atom. The van der Waals surface area contributed by atoms with Crippen molar-refractivity contribution >= 4 is 24.8 Å². The molecule has 0 unspecified atom stereocenters. The first-order chi connectivity index (χ1) is 11.3. The van der Waals surface area contributed by atoms with E-state index >= 15 is 0 Å². The minimum Gasteiger partial charge on any atom is -0.487 e. The summed E-state index contributed by atoms with van der Waals surface area (Å²) < 4.78 is 6.14. The van der Waals surface area contributed by atoms with Gasteiger partial charge in [0.15, 0.2) is 0 Å². The zero-order valence-corrected chi connectivity index (χ0v) is 16.3. The van der Waals surface area contributed by atoms with E-state index in [4.69, 9.17) is 10.5 Å². The van der Waals surface area contributed by atoms with Gasteiger partial charge in [-0.1, -0.05) is 49.4 Å². The molecule has 1 aliphatic rings. The lowest BCUT2D eigenvalue weighted by Crippen LogP contribution is -2.53. The molecule has 2 N–H and O–H groups in total. The third-order valence-electron chi connectivity index (χ3n) is 4.43. The summed E-state index contributed by atoms with van der Waals surface area (Å²) in [6.07, 6.45) is 2.29. The van der Waals surface area contributed by atoms with E-state index in [9.17, 15) is 0 Å². The summed E-state index contributed by atoms with van der Waals surface area (Å²) in [5.41, 5.74) is 9.56. The highest BCUT2D eigenvalue weighted by Gasteiger charge is 2.28. The maximum atomic E-state index is 6.14. The number of hydrogen-bond acceptors (Lipinski definition) is 3. The third-order valence-corrected chi connectivity index (χ3v) is 4.43. The SMILES string of the molecule is CCc1ccccc1OC1CN(Cc2ccc(CCN)cc2)C1.Cl.Cl. The molecular weight excluding hydrogens is 355 g/mol. The van der Waals surface area contributed by atoms with E-state index in [1.807, 2.05) is 6.07 Å². The van der Waals surface area contributed by atoms with E-state index in [2.05, 4.69) is 54.3 Å². The van der Waals surface area contributed by atoms with Gasteiger partial charge in [-0.05, 0) is 42.1 Å². The molecule has 1 aliphatic heterocycles. The molecule has 5 heteroatoms. The molecule has 3 nitrogen and oxygen atoms in total. The van der Waals surface area contributed by atoms with E-state index in [0.29, 0.717) is 12.6 Å². The van der Waals surface area contributed by atoms with Crippen LogP contribution in [0.15, 0.2) is 48.5 Å². The molecule has 0 spiro atoms. The molecule has 0 radical (unpaired) electrons. The number of nitrogens with zero attached hydrogens (tertiary/aromatic N) is 1. The van der Waals surface area contributed by atoms with Gasteiger partial charge in [-0.2, -0.15) is 0 Å². The summed E-state index contributed by atoms with van der Waals surface area (Å²) in [5, 5.41) is 0. The van der Waals surface area contributed by atoms with Gasteiger partial charge >= 0.3 is 0 Å². The predicted molar refractivity (Wildman–Crippen MR) is 109 cm³/mol. The molecule has 1 saturated heterocycles. The maximum absolute atomic E-state index is 6.14. The zero-order chi connectivity index (χ0) is 16.1. The fraction of sp³-hybridized carbons (Fsp3) is 0.400. The van der Waals surface area contributed by atoms with Crippen molar-refractivity contribution in [1.29, 1.82) is 0 Å². The quantitative estimate of drug-likeness (QED) is 0.789. The number of para-hydroxylation sites is 1. The van der Waals surface area contributed by atoms with Gasteiger partial charge < -0.3 is 10.5 Å². The van der Waals surface area contributed by atoms with Gasteiger partial charge in [-0.15, -0.1) is 24.8 Å². The van der Waals surface area contributed by atoms with Gasteiger partial charge in [0.2, 0.25) is 0 Å². The molecule has 0 amide bonds. The van der Waals surface area contributed by atoms with E-state index in [-0.39, 0.29) is 24.8 Å². The number of hydrogen-bond donors (Lipinski definition) is 1. The minimum absolute atomic E-state index is 0. The Hall–Kier alpha value is -1.26.